The number of nitrogens with zero attached hydrogens (tertiary/aromatic N) is 1. The van der Waals surface area contributed by atoms with Crippen LogP contribution in [0, 0.1) is 0 Å². The van der Waals surface area contributed by atoms with Gasteiger partial charge in [0.15, 0.2) is 0 Å². The fourth-order valence-corrected chi connectivity index (χ4v) is 2.89. The zero-order valence-electron chi connectivity index (χ0n) is 12.2. The van der Waals surface area contributed by atoms with Crippen LogP contribution in [0.4, 0.5) is 5.95 Å². The van der Waals surface area contributed by atoms with Crippen molar-refractivity contribution in [3.05, 3.63) is 54.1 Å². The number of H-pyrrole nitrogens is 1. The summed E-state index contributed by atoms with van der Waals surface area (Å²) >= 11 is 0. The van der Waals surface area contributed by atoms with Crippen LogP contribution in [0.2, 0.25) is 0 Å². The molecule has 1 amide bonds. The van der Waals surface area contributed by atoms with Gasteiger partial charge in [-0.2, -0.15) is 0 Å². The minimum atomic E-state index is -3.60. The molecule has 1 heterocycles. The Kier molecular flexibility index (Phi) is 3.85. The third-order valence-corrected chi connectivity index (χ3v) is 4.71. The predicted octanol–water partition coefficient (Wildman–Crippen LogP) is 1.72. The van der Waals surface area contributed by atoms with Crippen LogP contribution in [-0.4, -0.2) is 31.3 Å². The van der Waals surface area contributed by atoms with E-state index in [4.69, 9.17) is 0 Å². The van der Waals surface area contributed by atoms with Crippen LogP contribution < -0.4 is 10.0 Å². The molecular formula is C15H14N4O3S. The first-order valence-corrected chi connectivity index (χ1v) is 8.27. The number of aromatic amines is 1. The van der Waals surface area contributed by atoms with Crippen molar-refractivity contribution in [1.82, 2.24) is 14.7 Å². The molecule has 118 valence electrons. The largest absolute Gasteiger partial charge is 0.324 e. The summed E-state index contributed by atoms with van der Waals surface area (Å²) in [6.07, 6.45) is 0. The van der Waals surface area contributed by atoms with Crippen LogP contribution in [0.1, 0.15) is 10.4 Å². The van der Waals surface area contributed by atoms with Gasteiger partial charge in [0.2, 0.25) is 16.0 Å². The number of carbonyl (C=O) groups is 1. The van der Waals surface area contributed by atoms with Crippen molar-refractivity contribution >= 4 is 32.9 Å². The first-order chi connectivity index (χ1) is 11.0. The van der Waals surface area contributed by atoms with E-state index < -0.39 is 15.9 Å². The molecule has 23 heavy (non-hydrogen) atoms. The molecule has 2 aromatic carbocycles. The number of nitrogens with one attached hydrogen (secondary N) is 3. The summed E-state index contributed by atoms with van der Waals surface area (Å²) in [6.45, 7) is 0. The third-order valence-electron chi connectivity index (χ3n) is 3.30. The Labute approximate surface area is 132 Å². The number of aromatic nitrogens is 2. The van der Waals surface area contributed by atoms with E-state index in [1.165, 1.54) is 31.3 Å². The van der Waals surface area contributed by atoms with E-state index >= 15 is 0 Å². The zero-order chi connectivity index (χ0) is 16.4. The maximum absolute atomic E-state index is 12.3. The molecule has 3 aromatic rings. The lowest BCUT2D eigenvalue weighted by Gasteiger charge is -2.05. The van der Waals surface area contributed by atoms with Crippen molar-refractivity contribution in [2.75, 3.05) is 12.4 Å². The molecule has 0 saturated heterocycles. The van der Waals surface area contributed by atoms with E-state index in [0.717, 1.165) is 11.0 Å². The number of hydrogen-bond acceptors (Lipinski definition) is 4. The van der Waals surface area contributed by atoms with E-state index in [0.29, 0.717) is 5.95 Å². The number of para-hydroxylation sites is 2. The average Bonchev–Trinajstić information content (AvgIpc) is 2.97. The maximum Gasteiger partial charge on any atom is 0.258 e. The second-order valence-electron chi connectivity index (χ2n) is 4.79. The number of hydrogen-bond donors (Lipinski definition) is 3. The first-order valence-electron chi connectivity index (χ1n) is 6.79. The molecule has 1 aromatic heterocycles. The molecule has 0 radical (unpaired) electrons. The number of carbonyl (C=O) groups excluding carboxylic acids is 1. The van der Waals surface area contributed by atoms with Gasteiger partial charge in [0, 0.05) is 5.56 Å². The molecule has 0 saturated carbocycles. The minimum absolute atomic E-state index is 0.0252. The Morgan fingerprint density at radius 2 is 1.91 bits per heavy atom. The van der Waals surface area contributed by atoms with E-state index in [1.807, 2.05) is 24.3 Å². The smallest absolute Gasteiger partial charge is 0.258 e. The van der Waals surface area contributed by atoms with Gasteiger partial charge in [-0.25, -0.2) is 18.1 Å². The number of sulfonamides is 1. The van der Waals surface area contributed by atoms with E-state index in [-0.39, 0.29) is 10.5 Å². The van der Waals surface area contributed by atoms with Crippen molar-refractivity contribution < 1.29 is 13.2 Å². The zero-order valence-corrected chi connectivity index (χ0v) is 13.0. The summed E-state index contributed by atoms with van der Waals surface area (Å²) < 4.78 is 25.8. The monoisotopic (exact) mass is 330 g/mol. The summed E-state index contributed by atoms with van der Waals surface area (Å²) in [6, 6.07) is 13.1. The number of benzene rings is 2. The van der Waals surface area contributed by atoms with Gasteiger partial charge in [0.1, 0.15) is 0 Å². The van der Waals surface area contributed by atoms with Gasteiger partial charge in [0.05, 0.1) is 15.9 Å². The van der Waals surface area contributed by atoms with E-state index in [1.54, 1.807) is 0 Å². The number of rotatable bonds is 4. The molecule has 8 heteroatoms. The van der Waals surface area contributed by atoms with Crippen LogP contribution in [0.25, 0.3) is 11.0 Å². The highest BCUT2D eigenvalue weighted by molar-refractivity contribution is 7.89. The van der Waals surface area contributed by atoms with Crippen LogP contribution in [0.3, 0.4) is 0 Å². The number of imidazole rings is 1. The molecule has 0 fully saturated rings. The summed E-state index contributed by atoms with van der Waals surface area (Å²) in [5.74, 6) is -0.143. The van der Waals surface area contributed by atoms with Gasteiger partial charge in [-0.1, -0.05) is 18.2 Å². The second-order valence-corrected chi connectivity index (χ2v) is 6.68. The molecular weight excluding hydrogens is 316 g/mol. The minimum Gasteiger partial charge on any atom is -0.324 e. The highest BCUT2D eigenvalue weighted by Crippen LogP contribution is 2.15. The van der Waals surface area contributed by atoms with Crippen LogP contribution in [0.5, 0.6) is 0 Å². The fraction of sp³-hybridized carbons (Fsp3) is 0.0667. The quantitative estimate of drug-likeness (QED) is 0.677. The molecule has 3 rings (SSSR count). The van der Waals surface area contributed by atoms with Gasteiger partial charge in [-0.05, 0) is 37.4 Å². The second kappa shape index (κ2) is 5.82. The van der Waals surface area contributed by atoms with E-state index in [9.17, 15) is 13.2 Å². The highest BCUT2D eigenvalue weighted by Gasteiger charge is 2.15. The highest BCUT2D eigenvalue weighted by atomic mass is 32.2. The average molecular weight is 330 g/mol. The lowest BCUT2D eigenvalue weighted by Crippen LogP contribution is -2.19. The van der Waals surface area contributed by atoms with Gasteiger partial charge in [-0.3, -0.25) is 10.1 Å². The van der Waals surface area contributed by atoms with Crippen LogP contribution in [0.15, 0.2) is 53.4 Å². The molecule has 0 atom stereocenters. The summed E-state index contributed by atoms with van der Waals surface area (Å²) in [4.78, 5) is 19.5. The number of fused-ring (bicyclic) bond motifs is 1. The normalized spacial score (nSPS) is 11.5. The molecule has 0 aliphatic carbocycles. The van der Waals surface area contributed by atoms with Crippen molar-refractivity contribution in [2.24, 2.45) is 0 Å². The SMILES string of the molecule is CNS(=O)(=O)c1cccc(C(=O)Nc2nc3ccccc3[nH]2)c1. The number of anilines is 1. The molecule has 7 nitrogen and oxygen atoms in total. The summed E-state index contributed by atoms with van der Waals surface area (Å²) in [7, 11) is -2.29. The molecule has 0 aliphatic heterocycles. The Morgan fingerprint density at radius 3 is 2.65 bits per heavy atom. The van der Waals surface area contributed by atoms with Gasteiger partial charge in [-0.15, -0.1) is 0 Å². The first kappa shape index (κ1) is 15.2. The van der Waals surface area contributed by atoms with Crippen molar-refractivity contribution in [1.29, 1.82) is 0 Å². The maximum atomic E-state index is 12.3. The molecule has 0 aliphatic rings. The molecule has 0 unspecified atom stereocenters. The van der Waals surface area contributed by atoms with Crippen molar-refractivity contribution in [3.63, 3.8) is 0 Å². The molecule has 0 bridgehead atoms. The standard InChI is InChI=1S/C15H14N4O3S/c1-16-23(21,22)11-6-4-5-10(9-11)14(20)19-15-17-12-7-2-3-8-13(12)18-15/h2-9,16H,1H3,(H2,17,18,19,20). The van der Waals surface area contributed by atoms with Crippen LogP contribution >= 0.6 is 0 Å². The molecule has 3 N–H and O–H groups in total. The lowest BCUT2D eigenvalue weighted by atomic mass is 10.2. The summed E-state index contributed by atoms with van der Waals surface area (Å²) in [5.41, 5.74) is 1.76. The van der Waals surface area contributed by atoms with Gasteiger partial charge >= 0.3 is 0 Å². The summed E-state index contributed by atoms with van der Waals surface area (Å²) in [5, 5.41) is 2.62. The molecule has 0 spiro atoms. The van der Waals surface area contributed by atoms with Gasteiger partial charge < -0.3 is 4.98 Å². The van der Waals surface area contributed by atoms with Crippen molar-refractivity contribution in [3.8, 4) is 0 Å². The number of amides is 1. The Morgan fingerprint density at radius 1 is 1.13 bits per heavy atom. The third kappa shape index (κ3) is 3.08. The van der Waals surface area contributed by atoms with Crippen LogP contribution in [-0.2, 0) is 10.0 Å². The lowest BCUT2D eigenvalue weighted by molar-refractivity contribution is 0.102. The predicted molar refractivity (Wildman–Crippen MR) is 86.7 cm³/mol. The van der Waals surface area contributed by atoms with Crippen molar-refractivity contribution in [2.45, 2.75) is 4.90 Å². The topological polar surface area (TPSA) is 104 Å². The Hall–Kier alpha value is -2.71. The Balaban J connectivity index is 1.87. The van der Waals surface area contributed by atoms with E-state index in [2.05, 4.69) is 20.0 Å². The fourth-order valence-electron chi connectivity index (χ4n) is 2.11. The Bertz CT molecular complexity index is 946. The van der Waals surface area contributed by atoms with Gasteiger partial charge in [0.25, 0.3) is 5.91 Å².